The van der Waals surface area contributed by atoms with Crippen molar-refractivity contribution in [3.8, 4) is 10.7 Å². The van der Waals surface area contributed by atoms with Crippen LogP contribution in [-0.4, -0.2) is 29.1 Å². The summed E-state index contributed by atoms with van der Waals surface area (Å²) in [4.78, 5) is 20.0. The Morgan fingerprint density at radius 2 is 2.33 bits per heavy atom. The molecule has 0 aliphatic rings. The first kappa shape index (κ1) is 15.6. The summed E-state index contributed by atoms with van der Waals surface area (Å²) in [6.45, 7) is 3.74. The van der Waals surface area contributed by atoms with E-state index in [1.807, 2.05) is 30.5 Å². The van der Waals surface area contributed by atoms with Gasteiger partial charge >= 0.3 is 5.97 Å². The topological polar surface area (TPSA) is 64.1 Å². The quantitative estimate of drug-likeness (QED) is 0.600. The Bertz CT molecular complexity index is 557. The van der Waals surface area contributed by atoms with Crippen LogP contribution >= 0.6 is 11.3 Å². The second kappa shape index (κ2) is 8.49. The van der Waals surface area contributed by atoms with Crippen molar-refractivity contribution < 1.29 is 9.53 Å². The van der Waals surface area contributed by atoms with Crippen LogP contribution in [0.4, 0.5) is 0 Å². The van der Waals surface area contributed by atoms with E-state index in [1.54, 1.807) is 17.5 Å². The number of ether oxygens (including phenoxy) is 1. The minimum Gasteiger partial charge on any atom is -0.466 e. The van der Waals surface area contributed by atoms with Gasteiger partial charge in [0, 0.05) is 24.5 Å². The van der Waals surface area contributed by atoms with Crippen LogP contribution in [0, 0.1) is 0 Å². The largest absolute Gasteiger partial charge is 0.466 e. The molecule has 21 heavy (non-hydrogen) atoms. The molecule has 112 valence electrons. The van der Waals surface area contributed by atoms with Crippen LogP contribution in [0.2, 0.25) is 0 Å². The Balaban J connectivity index is 1.70. The molecule has 0 aliphatic heterocycles. The standard InChI is InChI=1S/C15H19N3O2S/c1-2-20-14(19)7-5-8-16-10-12-11-21-15(18-12)13-6-3-4-9-17-13/h3-4,6,9,11,16H,2,5,7-8,10H2,1H3. The number of hydrogen-bond donors (Lipinski definition) is 1. The summed E-state index contributed by atoms with van der Waals surface area (Å²) < 4.78 is 4.87. The van der Waals surface area contributed by atoms with Crippen LogP contribution in [0.5, 0.6) is 0 Å². The molecule has 2 rings (SSSR count). The lowest BCUT2D eigenvalue weighted by Crippen LogP contribution is -2.16. The van der Waals surface area contributed by atoms with E-state index in [4.69, 9.17) is 4.74 Å². The second-order valence-corrected chi connectivity index (χ2v) is 5.30. The van der Waals surface area contributed by atoms with Gasteiger partial charge in [-0.05, 0) is 32.0 Å². The molecule has 0 bridgehead atoms. The summed E-state index contributed by atoms with van der Waals surface area (Å²) in [6.07, 6.45) is 3.00. The monoisotopic (exact) mass is 305 g/mol. The van der Waals surface area contributed by atoms with Crippen molar-refractivity contribution >= 4 is 17.3 Å². The highest BCUT2D eigenvalue weighted by Gasteiger charge is 2.05. The summed E-state index contributed by atoms with van der Waals surface area (Å²) >= 11 is 1.59. The minimum atomic E-state index is -0.134. The number of nitrogens with zero attached hydrogens (tertiary/aromatic N) is 2. The van der Waals surface area contributed by atoms with Crippen LogP contribution in [0.15, 0.2) is 29.8 Å². The summed E-state index contributed by atoms with van der Waals surface area (Å²) in [5, 5.41) is 6.24. The minimum absolute atomic E-state index is 0.134. The average Bonchev–Trinajstić information content (AvgIpc) is 2.97. The normalized spacial score (nSPS) is 10.5. The van der Waals surface area contributed by atoms with Crippen molar-refractivity contribution in [2.45, 2.75) is 26.3 Å². The third-order valence-corrected chi connectivity index (χ3v) is 3.70. The van der Waals surface area contributed by atoms with Crippen molar-refractivity contribution in [1.82, 2.24) is 15.3 Å². The molecule has 0 aliphatic carbocycles. The van der Waals surface area contributed by atoms with Gasteiger partial charge in [-0.25, -0.2) is 4.98 Å². The maximum absolute atomic E-state index is 11.2. The van der Waals surface area contributed by atoms with Crippen molar-refractivity contribution in [2.75, 3.05) is 13.2 Å². The number of thiazole rings is 1. The van der Waals surface area contributed by atoms with Crippen molar-refractivity contribution in [1.29, 1.82) is 0 Å². The van der Waals surface area contributed by atoms with Gasteiger partial charge in [0.2, 0.25) is 0 Å². The van der Waals surface area contributed by atoms with Gasteiger partial charge in [-0.3, -0.25) is 9.78 Å². The molecule has 1 N–H and O–H groups in total. The van der Waals surface area contributed by atoms with Gasteiger partial charge in [-0.15, -0.1) is 11.3 Å². The highest BCUT2D eigenvalue weighted by molar-refractivity contribution is 7.13. The van der Waals surface area contributed by atoms with E-state index in [-0.39, 0.29) is 5.97 Å². The average molecular weight is 305 g/mol. The zero-order chi connectivity index (χ0) is 14.9. The van der Waals surface area contributed by atoms with Gasteiger partial charge < -0.3 is 10.1 Å². The third-order valence-electron chi connectivity index (χ3n) is 2.78. The Morgan fingerprint density at radius 3 is 3.10 bits per heavy atom. The Hall–Kier alpha value is -1.79. The Morgan fingerprint density at radius 1 is 1.43 bits per heavy atom. The highest BCUT2D eigenvalue weighted by Crippen LogP contribution is 2.21. The number of pyridine rings is 1. The van der Waals surface area contributed by atoms with Crippen molar-refractivity contribution in [3.63, 3.8) is 0 Å². The number of aromatic nitrogens is 2. The van der Waals surface area contributed by atoms with Gasteiger partial charge in [0.1, 0.15) is 5.01 Å². The summed E-state index contributed by atoms with van der Waals surface area (Å²) in [5.74, 6) is -0.134. The predicted octanol–water partition coefficient (Wildman–Crippen LogP) is 2.64. The fraction of sp³-hybridized carbons (Fsp3) is 0.400. The lowest BCUT2D eigenvalue weighted by atomic mass is 10.3. The van der Waals surface area contributed by atoms with Crippen LogP contribution in [-0.2, 0) is 16.1 Å². The first-order valence-electron chi connectivity index (χ1n) is 7.01. The molecule has 0 aromatic carbocycles. The lowest BCUT2D eigenvalue weighted by Gasteiger charge is -2.03. The van der Waals surface area contributed by atoms with E-state index in [0.717, 1.165) is 29.4 Å². The molecule has 2 heterocycles. The van der Waals surface area contributed by atoms with E-state index in [0.29, 0.717) is 19.6 Å². The number of carbonyl (C=O) groups excluding carboxylic acids is 1. The fourth-order valence-electron chi connectivity index (χ4n) is 1.80. The van der Waals surface area contributed by atoms with Crippen LogP contribution < -0.4 is 5.32 Å². The smallest absolute Gasteiger partial charge is 0.305 e. The van der Waals surface area contributed by atoms with Gasteiger partial charge in [0.25, 0.3) is 0 Å². The molecular formula is C15H19N3O2S. The first-order chi connectivity index (χ1) is 10.3. The highest BCUT2D eigenvalue weighted by atomic mass is 32.1. The third kappa shape index (κ3) is 5.24. The van der Waals surface area contributed by atoms with Gasteiger partial charge in [-0.1, -0.05) is 6.07 Å². The van der Waals surface area contributed by atoms with Gasteiger partial charge in [0.15, 0.2) is 0 Å². The van der Waals surface area contributed by atoms with Crippen LogP contribution in [0.25, 0.3) is 10.7 Å². The molecule has 6 heteroatoms. The number of rotatable bonds is 8. The summed E-state index contributed by atoms with van der Waals surface area (Å²) in [7, 11) is 0. The Kier molecular flexibility index (Phi) is 6.30. The molecular weight excluding hydrogens is 286 g/mol. The van der Waals surface area contributed by atoms with E-state index >= 15 is 0 Å². The van der Waals surface area contributed by atoms with Crippen LogP contribution in [0.1, 0.15) is 25.5 Å². The summed E-state index contributed by atoms with van der Waals surface area (Å²) in [5.41, 5.74) is 1.90. The maximum atomic E-state index is 11.2. The SMILES string of the molecule is CCOC(=O)CCCNCc1csc(-c2ccccn2)n1. The molecule has 0 spiro atoms. The molecule has 2 aromatic heterocycles. The number of hydrogen-bond acceptors (Lipinski definition) is 6. The Labute approximate surface area is 128 Å². The number of carbonyl (C=O) groups is 1. The molecule has 0 atom stereocenters. The van der Waals surface area contributed by atoms with Gasteiger partial charge in [-0.2, -0.15) is 0 Å². The molecule has 5 nitrogen and oxygen atoms in total. The molecule has 0 saturated carbocycles. The maximum Gasteiger partial charge on any atom is 0.305 e. The van der Waals surface area contributed by atoms with Crippen molar-refractivity contribution in [3.05, 3.63) is 35.5 Å². The summed E-state index contributed by atoms with van der Waals surface area (Å²) in [6, 6.07) is 5.80. The van der Waals surface area contributed by atoms with E-state index in [9.17, 15) is 4.79 Å². The molecule has 0 fully saturated rings. The van der Waals surface area contributed by atoms with E-state index < -0.39 is 0 Å². The first-order valence-corrected chi connectivity index (χ1v) is 7.89. The second-order valence-electron chi connectivity index (χ2n) is 4.44. The zero-order valence-electron chi connectivity index (χ0n) is 12.0. The number of nitrogens with one attached hydrogen (secondary N) is 1. The molecule has 0 saturated heterocycles. The lowest BCUT2D eigenvalue weighted by molar-refractivity contribution is -0.143. The van der Waals surface area contributed by atoms with E-state index in [2.05, 4.69) is 15.3 Å². The zero-order valence-corrected chi connectivity index (χ0v) is 12.9. The van der Waals surface area contributed by atoms with E-state index in [1.165, 1.54) is 0 Å². The van der Waals surface area contributed by atoms with Crippen LogP contribution in [0.3, 0.4) is 0 Å². The van der Waals surface area contributed by atoms with Gasteiger partial charge in [0.05, 0.1) is 18.0 Å². The van der Waals surface area contributed by atoms with Crippen molar-refractivity contribution in [2.24, 2.45) is 0 Å². The fourth-order valence-corrected chi connectivity index (χ4v) is 2.60. The molecule has 0 amide bonds. The predicted molar refractivity (Wildman–Crippen MR) is 82.9 cm³/mol. The molecule has 0 radical (unpaired) electrons. The number of esters is 1. The molecule has 2 aromatic rings. The molecule has 0 unspecified atom stereocenters.